The number of hydrogen-bond acceptors (Lipinski definition) is 2. The molecule has 0 saturated heterocycles. The van der Waals surface area contributed by atoms with Crippen LogP contribution in [0.25, 0.3) is 0 Å². The van der Waals surface area contributed by atoms with Crippen LogP contribution in [-0.2, 0) is 6.18 Å². The number of nitrogen functional groups attached to an aromatic ring is 1. The van der Waals surface area contributed by atoms with Crippen LogP contribution in [0.15, 0.2) is 18.2 Å². The second kappa shape index (κ2) is 4.72. The fourth-order valence-corrected chi connectivity index (χ4v) is 1.05. The molecule has 14 heavy (non-hydrogen) atoms. The molecule has 7 heteroatoms. The summed E-state index contributed by atoms with van der Waals surface area (Å²) >= 11 is 5.41. The molecule has 0 spiro atoms. The molecule has 0 aliphatic heterocycles. The molecule has 0 atom stereocenters. The van der Waals surface area contributed by atoms with E-state index in [1.807, 2.05) is 5.43 Å². The molecule has 2 nitrogen and oxygen atoms in total. The summed E-state index contributed by atoms with van der Waals surface area (Å²) in [7, 11) is 0. The molecule has 1 rings (SSSR count). The topological polar surface area (TPSA) is 38.0 Å². The van der Waals surface area contributed by atoms with Crippen molar-refractivity contribution in [3.63, 3.8) is 0 Å². The molecule has 0 amide bonds. The Kier molecular flexibility index (Phi) is 4.51. The van der Waals surface area contributed by atoms with Gasteiger partial charge in [-0.3, -0.25) is 5.84 Å². The average molecular weight is 247 g/mol. The number of rotatable bonds is 1. The highest BCUT2D eigenvalue weighted by atomic mass is 35.5. The van der Waals surface area contributed by atoms with Gasteiger partial charge in [-0.15, -0.1) is 12.4 Å². The maximum Gasteiger partial charge on any atom is 0.418 e. The van der Waals surface area contributed by atoms with Crippen LogP contribution in [0.3, 0.4) is 0 Å². The van der Waals surface area contributed by atoms with Gasteiger partial charge in [-0.25, -0.2) is 0 Å². The predicted molar refractivity (Wildman–Crippen MR) is 51.5 cm³/mol. The lowest BCUT2D eigenvalue weighted by Crippen LogP contribution is -2.14. The summed E-state index contributed by atoms with van der Waals surface area (Å²) in [5, 5.41) is 0.0197. The Bertz CT molecular complexity index is 314. The van der Waals surface area contributed by atoms with Crippen LogP contribution in [0.1, 0.15) is 5.56 Å². The highest BCUT2D eigenvalue weighted by Crippen LogP contribution is 2.35. The van der Waals surface area contributed by atoms with E-state index in [9.17, 15) is 13.2 Å². The van der Waals surface area contributed by atoms with Crippen LogP contribution in [0.2, 0.25) is 5.02 Å². The van der Waals surface area contributed by atoms with Gasteiger partial charge in [-0.1, -0.05) is 11.6 Å². The van der Waals surface area contributed by atoms with E-state index in [0.717, 1.165) is 6.07 Å². The van der Waals surface area contributed by atoms with E-state index in [0.29, 0.717) is 0 Å². The first-order valence-corrected chi connectivity index (χ1v) is 3.66. The lowest BCUT2D eigenvalue weighted by atomic mass is 10.2. The van der Waals surface area contributed by atoms with Gasteiger partial charge in [0.25, 0.3) is 0 Å². The van der Waals surface area contributed by atoms with Gasteiger partial charge in [0.15, 0.2) is 0 Å². The van der Waals surface area contributed by atoms with E-state index in [2.05, 4.69) is 0 Å². The molecule has 0 fully saturated rings. The van der Waals surface area contributed by atoms with Gasteiger partial charge in [-0.2, -0.15) is 13.2 Å². The molecule has 3 N–H and O–H groups in total. The first-order chi connectivity index (χ1) is 5.95. The summed E-state index contributed by atoms with van der Waals surface area (Å²) in [6.45, 7) is 0. The summed E-state index contributed by atoms with van der Waals surface area (Å²) in [6.07, 6.45) is -4.45. The van der Waals surface area contributed by atoms with Gasteiger partial charge in [0, 0.05) is 5.02 Å². The molecule has 1 aromatic rings. The van der Waals surface area contributed by atoms with Crippen LogP contribution in [0, 0.1) is 0 Å². The third-order valence-electron chi connectivity index (χ3n) is 1.44. The highest BCUT2D eigenvalue weighted by molar-refractivity contribution is 6.30. The van der Waals surface area contributed by atoms with Crippen LogP contribution in [0.4, 0.5) is 18.9 Å². The molecule has 0 aliphatic carbocycles. The van der Waals surface area contributed by atoms with Gasteiger partial charge in [-0.05, 0) is 18.2 Å². The van der Waals surface area contributed by atoms with Gasteiger partial charge in [0.2, 0.25) is 0 Å². The summed E-state index contributed by atoms with van der Waals surface area (Å²) in [5.41, 5.74) is 0.881. The van der Waals surface area contributed by atoms with Crippen molar-refractivity contribution < 1.29 is 13.2 Å². The van der Waals surface area contributed by atoms with E-state index in [4.69, 9.17) is 17.4 Å². The van der Waals surface area contributed by atoms with Crippen LogP contribution in [0.5, 0.6) is 0 Å². The number of benzene rings is 1. The molecule has 0 unspecified atom stereocenters. The Balaban J connectivity index is 0.00000169. The SMILES string of the molecule is Cl.NNc1ccc(Cl)cc1C(F)(F)F. The zero-order valence-electron chi connectivity index (χ0n) is 6.73. The molecule has 0 heterocycles. The Morgan fingerprint density at radius 1 is 1.29 bits per heavy atom. The molecular weight excluding hydrogens is 240 g/mol. The lowest BCUT2D eigenvalue weighted by molar-refractivity contribution is -0.136. The number of hydrogen-bond donors (Lipinski definition) is 2. The van der Waals surface area contributed by atoms with Crippen molar-refractivity contribution in [1.82, 2.24) is 0 Å². The summed E-state index contributed by atoms with van der Waals surface area (Å²) in [6, 6.07) is 3.31. The molecule has 0 aromatic heterocycles. The fraction of sp³-hybridized carbons (Fsp3) is 0.143. The quantitative estimate of drug-likeness (QED) is 0.591. The first-order valence-electron chi connectivity index (χ1n) is 3.28. The van der Waals surface area contributed by atoms with Gasteiger partial charge in [0.05, 0.1) is 11.3 Å². The second-order valence-corrected chi connectivity index (χ2v) is 2.77. The lowest BCUT2D eigenvalue weighted by Gasteiger charge is -2.11. The third-order valence-corrected chi connectivity index (χ3v) is 1.68. The number of alkyl halides is 3. The van der Waals surface area contributed by atoms with E-state index in [1.54, 1.807) is 0 Å². The number of halogens is 5. The van der Waals surface area contributed by atoms with Gasteiger partial charge < -0.3 is 5.43 Å². The van der Waals surface area contributed by atoms with Crippen molar-refractivity contribution in [3.8, 4) is 0 Å². The minimum Gasteiger partial charge on any atom is -0.324 e. The van der Waals surface area contributed by atoms with Crippen molar-refractivity contribution in [1.29, 1.82) is 0 Å². The van der Waals surface area contributed by atoms with Crippen molar-refractivity contribution in [3.05, 3.63) is 28.8 Å². The number of hydrazine groups is 1. The number of nitrogens with one attached hydrogen (secondary N) is 1. The monoisotopic (exact) mass is 246 g/mol. The normalized spacial score (nSPS) is 10.6. The number of anilines is 1. The number of nitrogens with two attached hydrogens (primary N) is 1. The van der Waals surface area contributed by atoms with Gasteiger partial charge >= 0.3 is 6.18 Å². The van der Waals surface area contributed by atoms with Crippen molar-refractivity contribution in [2.24, 2.45) is 5.84 Å². The molecule has 0 bridgehead atoms. The Hall–Kier alpha value is -0.650. The van der Waals surface area contributed by atoms with Crippen LogP contribution >= 0.6 is 24.0 Å². The van der Waals surface area contributed by atoms with Crippen molar-refractivity contribution in [2.75, 3.05) is 5.43 Å². The Morgan fingerprint density at radius 2 is 1.86 bits per heavy atom. The zero-order valence-corrected chi connectivity index (χ0v) is 8.30. The minimum absolute atomic E-state index is 0. The van der Waals surface area contributed by atoms with E-state index < -0.39 is 11.7 Å². The van der Waals surface area contributed by atoms with Crippen molar-refractivity contribution in [2.45, 2.75) is 6.18 Å². The average Bonchev–Trinajstić information content (AvgIpc) is 2.03. The maximum atomic E-state index is 12.3. The Labute approximate surface area is 89.6 Å². The van der Waals surface area contributed by atoms with Crippen molar-refractivity contribution >= 4 is 29.7 Å². The van der Waals surface area contributed by atoms with E-state index in [-0.39, 0.29) is 23.1 Å². The zero-order chi connectivity index (χ0) is 10.1. The fourth-order valence-electron chi connectivity index (χ4n) is 0.877. The molecule has 0 aliphatic rings. The molecule has 1 aromatic carbocycles. The molecule has 0 radical (unpaired) electrons. The van der Waals surface area contributed by atoms with E-state index >= 15 is 0 Å². The molecular formula is C7H7Cl2F3N2. The maximum absolute atomic E-state index is 12.3. The predicted octanol–water partition coefficient (Wildman–Crippen LogP) is 3.07. The van der Waals surface area contributed by atoms with E-state index in [1.165, 1.54) is 12.1 Å². The largest absolute Gasteiger partial charge is 0.418 e. The van der Waals surface area contributed by atoms with Gasteiger partial charge in [0.1, 0.15) is 0 Å². The summed E-state index contributed by atoms with van der Waals surface area (Å²) in [4.78, 5) is 0. The second-order valence-electron chi connectivity index (χ2n) is 2.33. The summed E-state index contributed by atoms with van der Waals surface area (Å²) in [5.74, 6) is 4.90. The summed E-state index contributed by atoms with van der Waals surface area (Å²) < 4.78 is 36.8. The molecule has 0 saturated carbocycles. The minimum atomic E-state index is -4.45. The standard InChI is InChI=1S/C7H6ClF3N2.ClH/c8-4-1-2-6(13-12)5(3-4)7(9,10)11;/h1-3,13H,12H2;1H. The molecule has 80 valence electrons. The smallest absolute Gasteiger partial charge is 0.324 e. The first kappa shape index (κ1) is 13.4. The Morgan fingerprint density at radius 3 is 2.29 bits per heavy atom. The van der Waals surface area contributed by atoms with Crippen LogP contribution < -0.4 is 11.3 Å². The third kappa shape index (κ3) is 2.94. The van der Waals surface area contributed by atoms with Crippen LogP contribution in [-0.4, -0.2) is 0 Å². The highest BCUT2D eigenvalue weighted by Gasteiger charge is 2.33.